The summed E-state index contributed by atoms with van der Waals surface area (Å²) < 4.78 is 40.3. The summed E-state index contributed by atoms with van der Waals surface area (Å²) in [4.78, 5) is 10.6. The van der Waals surface area contributed by atoms with Gasteiger partial charge in [-0.3, -0.25) is 0 Å². The lowest BCUT2D eigenvalue weighted by Gasteiger charge is -2.33. The molecule has 0 aromatic heterocycles. The van der Waals surface area contributed by atoms with Crippen molar-refractivity contribution in [2.75, 3.05) is 6.61 Å². The van der Waals surface area contributed by atoms with Gasteiger partial charge in [0.15, 0.2) is 0 Å². The summed E-state index contributed by atoms with van der Waals surface area (Å²) in [5, 5.41) is 0. The van der Waals surface area contributed by atoms with E-state index in [1.54, 1.807) is 0 Å². The third kappa shape index (κ3) is 4.76. The van der Waals surface area contributed by atoms with Crippen LogP contribution in [0.25, 0.3) is 0 Å². The smallest absolute Gasteiger partial charge is 0.458 e. The van der Waals surface area contributed by atoms with Crippen molar-refractivity contribution in [3.05, 3.63) is 0 Å². The summed E-state index contributed by atoms with van der Waals surface area (Å²) in [5.74, 6) is -2.08. The number of carbonyl (C=O) groups excluding carboxylic acids is 1. The number of alkyl halides is 4. The molecule has 0 aliphatic rings. The lowest BCUT2D eigenvalue weighted by atomic mass is 10.6. The van der Waals surface area contributed by atoms with E-state index in [-0.39, 0.29) is 10.2 Å². The predicted octanol–water partition coefficient (Wildman–Crippen LogP) is 3.94. The molecule has 0 radical (unpaired) electrons. The van der Waals surface area contributed by atoms with Gasteiger partial charge >= 0.3 is 12.1 Å². The Hall–Kier alpha value is 0.207. The largest absolute Gasteiger partial charge is 0.490 e. The Balaban J connectivity index is 4.44. The van der Waals surface area contributed by atoms with Crippen LogP contribution in [0.15, 0.2) is 0 Å². The molecule has 0 rings (SSSR count). The van der Waals surface area contributed by atoms with Crippen molar-refractivity contribution in [3.63, 3.8) is 0 Å². The summed E-state index contributed by atoms with van der Waals surface area (Å²) in [6, 6.07) is 2.99. The molecule has 0 saturated carbocycles. The van der Waals surface area contributed by atoms with Gasteiger partial charge in [0.25, 0.3) is 0 Å². The second kappa shape index (κ2) is 6.96. The van der Waals surface area contributed by atoms with Crippen molar-refractivity contribution in [1.29, 1.82) is 0 Å². The van der Waals surface area contributed by atoms with Gasteiger partial charge in [-0.15, -0.1) is 0 Å². The van der Waals surface area contributed by atoms with Crippen molar-refractivity contribution in [1.82, 2.24) is 0 Å². The van der Waals surface area contributed by atoms with Crippen LogP contribution in [0, 0.1) is 0 Å². The number of hydrogen-bond donors (Lipinski definition) is 0. The van der Waals surface area contributed by atoms with Gasteiger partial charge in [-0.1, -0.05) is 61.5 Å². The highest BCUT2D eigenvalue weighted by molar-refractivity contribution is 14.1. The second-order valence-corrected chi connectivity index (χ2v) is 12.2. The molecule has 0 aromatic carbocycles. The Kier molecular flexibility index (Phi) is 7.04. The molecule has 0 aromatic rings. The number of carbonyl (C=O) groups is 1. The summed E-state index contributed by atoms with van der Waals surface area (Å²) >= 11 is 2.14. The van der Waals surface area contributed by atoms with E-state index >= 15 is 0 Å². The average Bonchev–Trinajstić information content (AvgIpc) is 2.27. The standard InChI is InChI=1S/C10H18F3IO2Si/c1-4-17(5-2,6-3)8(14)7-16-9(15)10(11,12)13/h8H,4-7H2,1-3H3. The zero-order valence-electron chi connectivity index (χ0n) is 10.2. The van der Waals surface area contributed by atoms with Gasteiger partial charge in [-0.2, -0.15) is 13.2 Å². The third-order valence-electron chi connectivity index (χ3n) is 3.37. The van der Waals surface area contributed by atoms with Crippen LogP contribution in [0.5, 0.6) is 0 Å². The summed E-state index contributed by atoms with van der Waals surface area (Å²) in [6.45, 7) is 6.07. The molecule has 0 spiro atoms. The number of rotatable bonds is 6. The van der Waals surface area contributed by atoms with Crippen LogP contribution in [-0.2, 0) is 9.53 Å². The highest BCUT2D eigenvalue weighted by Gasteiger charge is 2.42. The van der Waals surface area contributed by atoms with Crippen LogP contribution in [0.1, 0.15) is 20.8 Å². The Labute approximate surface area is 114 Å². The van der Waals surface area contributed by atoms with Crippen LogP contribution in [0.4, 0.5) is 13.2 Å². The highest BCUT2D eigenvalue weighted by atomic mass is 127. The molecule has 0 aliphatic carbocycles. The van der Waals surface area contributed by atoms with E-state index in [9.17, 15) is 18.0 Å². The minimum atomic E-state index is -4.88. The van der Waals surface area contributed by atoms with Crippen molar-refractivity contribution in [2.45, 2.75) is 48.6 Å². The van der Waals surface area contributed by atoms with Gasteiger partial charge in [0.05, 0.1) is 8.07 Å². The number of esters is 1. The minimum absolute atomic E-state index is 0.0337. The monoisotopic (exact) mass is 382 g/mol. The van der Waals surface area contributed by atoms with E-state index in [0.717, 1.165) is 18.1 Å². The Morgan fingerprint density at radius 1 is 1.24 bits per heavy atom. The van der Waals surface area contributed by atoms with Gasteiger partial charge in [-0.05, 0) is 0 Å². The van der Waals surface area contributed by atoms with Gasteiger partial charge in [0.1, 0.15) is 6.61 Å². The molecule has 0 heterocycles. The normalized spacial score (nSPS) is 14.5. The lowest BCUT2D eigenvalue weighted by Crippen LogP contribution is -2.45. The maximum Gasteiger partial charge on any atom is 0.490 e. The molecule has 17 heavy (non-hydrogen) atoms. The molecule has 0 N–H and O–H groups in total. The summed E-state index contributed by atoms with van der Waals surface area (Å²) in [6.07, 6.45) is -4.88. The van der Waals surface area contributed by atoms with Gasteiger partial charge < -0.3 is 4.74 Å². The first-order valence-electron chi connectivity index (χ1n) is 5.61. The fourth-order valence-corrected chi connectivity index (χ4v) is 9.23. The zero-order chi connectivity index (χ0) is 13.7. The first-order chi connectivity index (χ1) is 7.73. The van der Waals surface area contributed by atoms with Crippen molar-refractivity contribution < 1.29 is 22.7 Å². The van der Waals surface area contributed by atoms with E-state index in [2.05, 4.69) is 48.1 Å². The Bertz CT molecular complexity index is 246. The van der Waals surface area contributed by atoms with Gasteiger partial charge in [0.2, 0.25) is 0 Å². The highest BCUT2D eigenvalue weighted by Crippen LogP contribution is 2.30. The second-order valence-electron chi connectivity index (χ2n) is 3.99. The molecule has 1 atom stereocenters. The fourth-order valence-electron chi connectivity index (χ4n) is 1.82. The molecule has 7 heteroatoms. The third-order valence-corrected chi connectivity index (χ3v) is 13.4. The fraction of sp³-hybridized carbons (Fsp3) is 0.900. The average molecular weight is 382 g/mol. The zero-order valence-corrected chi connectivity index (χ0v) is 13.4. The molecular weight excluding hydrogens is 364 g/mol. The predicted molar refractivity (Wildman–Crippen MR) is 72.0 cm³/mol. The summed E-state index contributed by atoms with van der Waals surface area (Å²) in [7, 11) is -1.60. The van der Waals surface area contributed by atoms with Gasteiger partial charge in [0, 0.05) is 3.55 Å². The van der Waals surface area contributed by atoms with E-state index in [1.165, 1.54) is 0 Å². The number of hydrogen-bond acceptors (Lipinski definition) is 2. The Morgan fingerprint density at radius 2 is 1.65 bits per heavy atom. The van der Waals surface area contributed by atoms with Crippen LogP contribution < -0.4 is 0 Å². The van der Waals surface area contributed by atoms with Crippen molar-refractivity contribution >= 4 is 36.6 Å². The molecule has 0 saturated heterocycles. The van der Waals surface area contributed by atoms with E-state index in [1.807, 2.05) is 0 Å². The lowest BCUT2D eigenvalue weighted by molar-refractivity contribution is -0.199. The minimum Gasteiger partial charge on any atom is -0.458 e. The molecular formula is C10H18F3IO2Si. The van der Waals surface area contributed by atoms with E-state index in [4.69, 9.17) is 0 Å². The first-order valence-corrected chi connectivity index (χ1v) is 9.56. The van der Waals surface area contributed by atoms with E-state index in [0.29, 0.717) is 0 Å². The molecule has 0 fully saturated rings. The molecule has 1 unspecified atom stereocenters. The maximum absolute atomic E-state index is 12.0. The first kappa shape index (κ1) is 17.2. The van der Waals surface area contributed by atoms with Gasteiger partial charge in [-0.25, -0.2) is 4.79 Å². The maximum atomic E-state index is 12.0. The van der Waals surface area contributed by atoms with Crippen LogP contribution in [-0.4, -0.2) is 30.4 Å². The van der Waals surface area contributed by atoms with E-state index < -0.39 is 20.2 Å². The van der Waals surface area contributed by atoms with Crippen molar-refractivity contribution in [2.24, 2.45) is 0 Å². The van der Waals surface area contributed by atoms with Crippen LogP contribution in [0.2, 0.25) is 18.1 Å². The number of halogens is 4. The molecule has 0 bridgehead atoms. The van der Waals surface area contributed by atoms with Crippen LogP contribution in [0.3, 0.4) is 0 Å². The molecule has 0 amide bonds. The molecule has 2 nitrogen and oxygen atoms in total. The topological polar surface area (TPSA) is 26.3 Å². The number of ether oxygens (including phenoxy) is 1. The van der Waals surface area contributed by atoms with Crippen LogP contribution >= 0.6 is 22.6 Å². The SMILES string of the molecule is CC[Si](CC)(CC)C(I)COC(=O)C(F)(F)F. The Morgan fingerprint density at radius 3 is 1.94 bits per heavy atom. The molecule has 0 aliphatic heterocycles. The quantitative estimate of drug-likeness (QED) is 0.301. The molecule has 102 valence electrons. The van der Waals surface area contributed by atoms with Crippen molar-refractivity contribution in [3.8, 4) is 0 Å². The summed E-state index contributed by atoms with van der Waals surface area (Å²) in [5.41, 5.74) is 0.